The molecule has 21 heavy (non-hydrogen) atoms. The summed E-state index contributed by atoms with van der Waals surface area (Å²) in [7, 11) is 0. The van der Waals surface area contributed by atoms with E-state index >= 15 is 0 Å². The lowest BCUT2D eigenvalue weighted by Gasteiger charge is -2.11. The van der Waals surface area contributed by atoms with Crippen LogP contribution in [0.15, 0.2) is 48.5 Å². The smallest absolute Gasteiger partial charge is 0.241 e. The molecule has 0 saturated heterocycles. The van der Waals surface area contributed by atoms with Crippen LogP contribution in [0.25, 0.3) is 22.4 Å². The van der Waals surface area contributed by atoms with Crippen molar-refractivity contribution < 1.29 is 4.79 Å². The van der Waals surface area contributed by atoms with Crippen LogP contribution in [0, 0.1) is 0 Å². The Kier molecular flexibility index (Phi) is 3.41. The van der Waals surface area contributed by atoms with Gasteiger partial charge in [0, 0.05) is 5.56 Å². The number of imidazole rings is 1. The summed E-state index contributed by atoms with van der Waals surface area (Å²) in [4.78, 5) is 19.6. The Hall–Kier alpha value is -2.66. The highest BCUT2D eigenvalue weighted by atomic mass is 16.2. The number of nitrogens with two attached hydrogens (primary N) is 1. The number of aromatic amines is 1. The molecule has 1 aromatic heterocycles. The zero-order valence-electron chi connectivity index (χ0n) is 11.6. The number of fused-ring (bicyclic) bond motifs is 1. The molecule has 2 aromatic carbocycles. The maximum Gasteiger partial charge on any atom is 0.241 e. The molecular weight excluding hydrogens is 264 g/mol. The lowest BCUT2D eigenvalue weighted by Crippen LogP contribution is -2.32. The summed E-state index contributed by atoms with van der Waals surface area (Å²) in [6.07, 6.45) is 0. The van der Waals surface area contributed by atoms with Gasteiger partial charge in [-0.3, -0.25) is 4.79 Å². The topological polar surface area (TPSA) is 83.8 Å². The molecule has 1 atom stereocenters. The summed E-state index contributed by atoms with van der Waals surface area (Å²) < 4.78 is 0. The van der Waals surface area contributed by atoms with Crippen molar-refractivity contribution in [2.45, 2.75) is 13.0 Å². The molecule has 3 rings (SSSR count). The predicted octanol–water partition coefficient (Wildman–Crippen LogP) is 2.52. The predicted molar refractivity (Wildman–Crippen MR) is 83.8 cm³/mol. The summed E-state index contributed by atoms with van der Waals surface area (Å²) in [5, 5.41) is 2.83. The Bertz CT molecular complexity index is 759. The van der Waals surface area contributed by atoms with Crippen LogP contribution < -0.4 is 11.1 Å². The molecule has 0 spiro atoms. The zero-order chi connectivity index (χ0) is 14.8. The molecule has 0 aliphatic carbocycles. The number of para-hydroxylation sites is 3. The molecule has 0 bridgehead atoms. The van der Waals surface area contributed by atoms with Crippen molar-refractivity contribution >= 4 is 22.6 Å². The second-order valence-corrected chi connectivity index (χ2v) is 4.93. The highest BCUT2D eigenvalue weighted by Crippen LogP contribution is 2.27. The van der Waals surface area contributed by atoms with E-state index in [0.717, 1.165) is 22.4 Å². The van der Waals surface area contributed by atoms with Crippen molar-refractivity contribution in [3.63, 3.8) is 0 Å². The molecule has 1 amide bonds. The highest BCUT2D eigenvalue weighted by Gasteiger charge is 2.13. The third kappa shape index (κ3) is 2.64. The third-order valence-corrected chi connectivity index (χ3v) is 3.24. The number of carbonyl (C=O) groups excluding carboxylic acids is 1. The largest absolute Gasteiger partial charge is 0.338 e. The minimum Gasteiger partial charge on any atom is -0.338 e. The fourth-order valence-electron chi connectivity index (χ4n) is 2.13. The summed E-state index contributed by atoms with van der Waals surface area (Å²) in [5.74, 6) is 0.496. The van der Waals surface area contributed by atoms with Crippen molar-refractivity contribution in [3.05, 3.63) is 48.5 Å². The second kappa shape index (κ2) is 5.38. The van der Waals surface area contributed by atoms with Crippen molar-refractivity contribution in [3.8, 4) is 11.4 Å². The normalized spacial score (nSPS) is 12.3. The van der Waals surface area contributed by atoms with Crippen molar-refractivity contribution in [1.29, 1.82) is 0 Å². The summed E-state index contributed by atoms with van der Waals surface area (Å²) in [5.41, 5.74) is 8.98. The molecule has 4 N–H and O–H groups in total. The number of nitrogens with one attached hydrogen (secondary N) is 2. The van der Waals surface area contributed by atoms with Gasteiger partial charge in [0.2, 0.25) is 5.91 Å². The number of hydrogen-bond acceptors (Lipinski definition) is 3. The van der Waals surface area contributed by atoms with E-state index in [2.05, 4.69) is 15.3 Å². The van der Waals surface area contributed by atoms with Crippen molar-refractivity contribution in [2.24, 2.45) is 5.73 Å². The first-order chi connectivity index (χ1) is 10.1. The van der Waals surface area contributed by atoms with Crippen LogP contribution >= 0.6 is 0 Å². The maximum atomic E-state index is 11.8. The van der Waals surface area contributed by atoms with Gasteiger partial charge in [0.15, 0.2) is 0 Å². The fourth-order valence-corrected chi connectivity index (χ4v) is 2.13. The van der Waals surface area contributed by atoms with Crippen LogP contribution in [-0.2, 0) is 4.79 Å². The average Bonchev–Trinajstić information content (AvgIpc) is 2.91. The van der Waals surface area contributed by atoms with Crippen LogP contribution in [0.3, 0.4) is 0 Å². The number of H-pyrrole nitrogens is 1. The second-order valence-electron chi connectivity index (χ2n) is 4.93. The monoisotopic (exact) mass is 280 g/mol. The maximum absolute atomic E-state index is 11.8. The molecular formula is C16H16N4O. The number of carbonyl (C=O) groups is 1. The number of amides is 1. The lowest BCUT2D eigenvalue weighted by atomic mass is 10.1. The van der Waals surface area contributed by atoms with Crippen LogP contribution in [0.1, 0.15) is 6.92 Å². The Balaban J connectivity index is 2.03. The van der Waals surface area contributed by atoms with Crippen LogP contribution in [0.4, 0.5) is 5.69 Å². The van der Waals surface area contributed by atoms with Gasteiger partial charge in [0.05, 0.1) is 22.8 Å². The first-order valence-corrected chi connectivity index (χ1v) is 6.76. The van der Waals surface area contributed by atoms with E-state index in [0.29, 0.717) is 5.69 Å². The summed E-state index contributed by atoms with van der Waals surface area (Å²) in [6.45, 7) is 1.65. The number of anilines is 1. The van der Waals surface area contributed by atoms with Gasteiger partial charge in [-0.05, 0) is 31.2 Å². The molecule has 5 nitrogen and oxygen atoms in total. The van der Waals surface area contributed by atoms with Gasteiger partial charge in [-0.2, -0.15) is 0 Å². The fraction of sp³-hybridized carbons (Fsp3) is 0.125. The number of benzene rings is 2. The van der Waals surface area contributed by atoms with E-state index < -0.39 is 6.04 Å². The molecule has 0 unspecified atom stereocenters. The van der Waals surface area contributed by atoms with E-state index in [1.807, 2.05) is 48.5 Å². The number of rotatable bonds is 3. The Morgan fingerprint density at radius 2 is 1.90 bits per heavy atom. The first kappa shape index (κ1) is 13.3. The van der Waals surface area contributed by atoms with Crippen LogP contribution in [0.2, 0.25) is 0 Å². The minimum atomic E-state index is -0.561. The molecule has 0 radical (unpaired) electrons. The van der Waals surface area contributed by atoms with Gasteiger partial charge >= 0.3 is 0 Å². The molecule has 106 valence electrons. The van der Waals surface area contributed by atoms with E-state index in [9.17, 15) is 4.79 Å². The van der Waals surface area contributed by atoms with Gasteiger partial charge < -0.3 is 16.0 Å². The molecule has 0 aliphatic rings. The van der Waals surface area contributed by atoms with Crippen molar-refractivity contribution in [2.75, 3.05) is 5.32 Å². The molecule has 3 aromatic rings. The van der Waals surface area contributed by atoms with Crippen LogP contribution in [-0.4, -0.2) is 21.9 Å². The summed E-state index contributed by atoms with van der Waals surface area (Å²) >= 11 is 0. The number of nitrogens with zero attached hydrogens (tertiary/aromatic N) is 1. The zero-order valence-corrected chi connectivity index (χ0v) is 11.6. The van der Waals surface area contributed by atoms with Gasteiger partial charge in [0.25, 0.3) is 0 Å². The minimum absolute atomic E-state index is 0.224. The number of hydrogen-bond donors (Lipinski definition) is 3. The van der Waals surface area contributed by atoms with Crippen molar-refractivity contribution in [1.82, 2.24) is 9.97 Å². The Labute approximate surface area is 122 Å². The van der Waals surface area contributed by atoms with E-state index in [4.69, 9.17) is 5.73 Å². The average molecular weight is 280 g/mol. The molecule has 1 heterocycles. The number of aromatic nitrogens is 2. The molecule has 0 fully saturated rings. The van der Waals surface area contributed by atoms with Gasteiger partial charge in [0.1, 0.15) is 5.82 Å². The summed E-state index contributed by atoms with van der Waals surface area (Å²) in [6, 6.07) is 14.8. The van der Waals surface area contributed by atoms with Crippen LogP contribution in [0.5, 0.6) is 0 Å². The Morgan fingerprint density at radius 3 is 2.67 bits per heavy atom. The third-order valence-electron chi connectivity index (χ3n) is 3.24. The standard InChI is InChI=1S/C16H16N4O/c1-10(17)16(21)20-12-7-3-2-6-11(12)15-18-13-8-4-5-9-14(13)19-15/h2-10H,17H2,1H3,(H,18,19)(H,20,21)/t10-/m1/s1. The molecule has 5 heteroatoms. The van der Waals surface area contributed by atoms with Gasteiger partial charge in [-0.15, -0.1) is 0 Å². The van der Waals surface area contributed by atoms with Gasteiger partial charge in [-0.1, -0.05) is 24.3 Å². The Morgan fingerprint density at radius 1 is 1.19 bits per heavy atom. The van der Waals surface area contributed by atoms with E-state index in [-0.39, 0.29) is 5.91 Å². The van der Waals surface area contributed by atoms with Gasteiger partial charge in [-0.25, -0.2) is 4.98 Å². The molecule has 0 saturated carbocycles. The SMILES string of the molecule is C[C@@H](N)C(=O)Nc1ccccc1-c1nc2ccccc2[nH]1. The highest BCUT2D eigenvalue weighted by molar-refractivity contribution is 5.98. The molecule has 0 aliphatic heterocycles. The first-order valence-electron chi connectivity index (χ1n) is 6.76. The van der Waals surface area contributed by atoms with E-state index in [1.165, 1.54) is 0 Å². The van der Waals surface area contributed by atoms with E-state index in [1.54, 1.807) is 6.92 Å². The lowest BCUT2D eigenvalue weighted by molar-refractivity contribution is -0.117. The quantitative estimate of drug-likeness (QED) is 0.689.